The van der Waals surface area contributed by atoms with Gasteiger partial charge in [-0.25, -0.2) is 9.97 Å². The number of nitrogens with zero attached hydrogens (tertiary/aromatic N) is 4. The van der Waals surface area contributed by atoms with Crippen LogP contribution in [0.3, 0.4) is 0 Å². The molecule has 276 valence electrons. The predicted octanol–water partition coefficient (Wildman–Crippen LogP) is 14.6. The van der Waals surface area contributed by atoms with Crippen LogP contribution in [-0.4, -0.2) is 19.1 Å². The highest BCUT2D eigenvalue weighted by Gasteiger charge is 2.25. The summed E-state index contributed by atoms with van der Waals surface area (Å²) < 4.78 is 4.80. The van der Waals surface area contributed by atoms with Gasteiger partial charge < -0.3 is 4.57 Å². The van der Waals surface area contributed by atoms with Crippen LogP contribution in [0.25, 0.3) is 132 Å². The molecule has 0 bridgehead atoms. The van der Waals surface area contributed by atoms with E-state index in [0.29, 0.717) is 0 Å². The van der Waals surface area contributed by atoms with Crippen molar-refractivity contribution in [3.63, 3.8) is 0 Å². The third-order valence-corrected chi connectivity index (χ3v) is 13.0. The number of para-hydroxylation sites is 3. The van der Waals surface area contributed by atoms with Crippen LogP contribution in [0.5, 0.6) is 0 Å². The normalized spacial score (nSPS) is 12.3. The highest BCUT2D eigenvalue weighted by atomic mass is 15.1. The second kappa shape index (κ2) is 11.8. The fourth-order valence-corrected chi connectivity index (χ4v) is 10.4. The van der Waals surface area contributed by atoms with E-state index < -0.39 is 0 Å². The van der Waals surface area contributed by atoms with Crippen LogP contribution in [0.2, 0.25) is 0 Å². The van der Waals surface area contributed by atoms with Crippen molar-refractivity contribution in [3.05, 3.63) is 194 Å². The topological polar surface area (TPSA) is 35.6 Å². The lowest BCUT2D eigenvalue weighted by atomic mass is 9.98. The van der Waals surface area contributed by atoms with Gasteiger partial charge in [-0.1, -0.05) is 133 Å². The van der Waals surface area contributed by atoms with E-state index in [1.54, 1.807) is 0 Å². The van der Waals surface area contributed by atoms with Gasteiger partial charge in [0.05, 0.1) is 27.6 Å². The molecule has 0 aliphatic heterocycles. The summed E-state index contributed by atoms with van der Waals surface area (Å²) in [7, 11) is 0. The average Bonchev–Trinajstić information content (AvgIpc) is 3.94. The molecular formula is C56H32N4. The van der Waals surface area contributed by atoms with Crippen molar-refractivity contribution < 1.29 is 0 Å². The van der Waals surface area contributed by atoms with Crippen LogP contribution in [0.4, 0.5) is 0 Å². The zero-order valence-corrected chi connectivity index (χ0v) is 32.3. The Morgan fingerprint density at radius 2 is 0.950 bits per heavy atom. The van der Waals surface area contributed by atoms with E-state index in [-0.39, 0.29) is 0 Å². The first-order chi connectivity index (χ1) is 29.8. The van der Waals surface area contributed by atoms with Gasteiger partial charge in [0.2, 0.25) is 0 Å². The number of rotatable bonds is 3. The predicted molar refractivity (Wildman–Crippen MR) is 251 cm³/mol. The van der Waals surface area contributed by atoms with Crippen molar-refractivity contribution in [2.24, 2.45) is 0 Å². The van der Waals surface area contributed by atoms with Crippen molar-refractivity contribution in [1.29, 1.82) is 0 Å². The molecule has 0 amide bonds. The Labute approximate surface area is 343 Å². The van der Waals surface area contributed by atoms with Gasteiger partial charge in [-0.2, -0.15) is 0 Å². The second-order valence-electron chi connectivity index (χ2n) is 16.1. The quantitative estimate of drug-likeness (QED) is 0.180. The van der Waals surface area contributed by atoms with Gasteiger partial charge in [-0.3, -0.25) is 4.57 Å². The van der Waals surface area contributed by atoms with Crippen LogP contribution >= 0.6 is 0 Å². The van der Waals surface area contributed by atoms with Crippen LogP contribution in [-0.2, 0) is 0 Å². The molecule has 10 aromatic carbocycles. The van der Waals surface area contributed by atoms with E-state index in [4.69, 9.17) is 9.97 Å². The number of hydrogen-bond acceptors (Lipinski definition) is 2. The van der Waals surface area contributed by atoms with E-state index in [9.17, 15) is 0 Å². The summed E-state index contributed by atoms with van der Waals surface area (Å²) in [4.78, 5) is 10.9. The molecule has 0 saturated carbocycles. The SMILES string of the molecule is c1ccc2c(c1)-c1cccc3c(-c4nc(-n5c6ccccc6c6cc7ccc(-n8c9ccccc9c9c%10ccccc%10ccc98)cc7cc65)c5ccccc5n4)ccc-2c13. The standard InChI is InChI=1S/C56H32N4/c1-2-13-37-33(12-1)25-29-51-54(37)46-18-7-10-23-50(46)59(51)36-26-24-34-31-47-40-16-6-9-22-49(40)60(52(47)32-35(34)30-36)56-45-17-5-8-21-48(45)57-55(58-56)44-28-27-43-39-15-4-3-14-38(39)41-19-11-20-42(44)53(41)43/h1-32H. The first kappa shape index (κ1) is 31.9. The maximum Gasteiger partial charge on any atom is 0.162 e. The molecule has 0 radical (unpaired) electrons. The molecular weight excluding hydrogens is 729 g/mol. The van der Waals surface area contributed by atoms with Gasteiger partial charge in [0.25, 0.3) is 0 Å². The number of hydrogen-bond donors (Lipinski definition) is 0. The zero-order chi connectivity index (χ0) is 39.1. The molecule has 13 aromatic rings. The van der Waals surface area contributed by atoms with Crippen LogP contribution < -0.4 is 0 Å². The second-order valence-corrected chi connectivity index (χ2v) is 16.1. The minimum absolute atomic E-state index is 0.719. The molecule has 1 aliphatic carbocycles. The summed E-state index contributed by atoms with van der Waals surface area (Å²) in [5.74, 6) is 1.59. The van der Waals surface area contributed by atoms with Gasteiger partial charge >= 0.3 is 0 Å². The van der Waals surface area contributed by atoms with Gasteiger partial charge in [0.1, 0.15) is 5.82 Å². The number of benzene rings is 10. The third kappa shape index (κ3) is 4.24. The highest BCUT2D eigenvalue weighted by Crippen LogP contribution is 2.49. The number of aromatic nitrogens is 4. The van der Waals surface area contributed by atoms with Gasteiger partial charge in [-0.15, -0.1) is 0 Å². The Kier molecular flexibility index (Phi) is 6.26. The zero-order valence-electron chi connectivity index (χ0n) is 32.3. The molecule has 14 rings (SSSR count). The summed E-state index contributed by atoms with van der Waals surface area (Å²) >= 11 is 0. The minimum atomic E-state index is 0.719. The summed E-state index contributed by atoms with van der Waals surface area (Å²) in [6.07, 6.45) is 0. The molecule has 0 fully saturated rings. The minimum Gasteiger partial charge on any atom is -0.309 e. The Balaban J connectivity index is 1.03. The summed E-state index contributed by atoms with van der Waals surface area (Å²) in [6.45, 7) is 0. The van der Waals surface area contributed by atoms with E-state index in [1.165, 1.54) is 87.1 Å². The van der Waals surface area contributed by atoms with E-state index in [1.807, 2.05) is 0 Å². The van der Waals surface area contributed by atoms with E-state index in [2.05, 4.69) is 203 Å². The van der Waals surface area contributed by atoms with Crippen molar-refractivity contribution >= 4 is 86.8 Å². The fourth-order valence-electron chi connectivity index (χ4n) is 10.4. The van der Waals surface area contributed by atoms with Crippen molar-refractivity contribution in [2.45, 2.75) is 0 Å². The first-order valence-corrected chi connectivity index (χ1v) is 20.6. The molecule has 4 nitrogen and oxygen atoms in total. The molecule has 4 heteroatoms. The lowest BCUT2D eigenvalue weighted by Gasteiger charge is -2.14. The Bertz CT molecular complexity index is 3990. The van der Waals surface area contributed by atoms with E-state index in [0.717, 1.165) is 44.8 Å². The van der Waals surface area contributed by atoms with Gasteiger partial charge in [-0.05, 0) is 115 Å². The Hall–Kier alpha value is -8.08. The first-order valence-electron chi connectivity index (χ1n) is 20.6. The average molecular weight is 761 g/mol. The monoisotopic (exact) mass is 760 g/mol. The van der Waals surface area contributed by atoms with Gasteiger partial charge in [0.15, 0.2) is 5.82 Å². The van der Waals surface area contributed by atoms with Crippen molar-refractivity contribution in [2.75, 3.05) is 0 Å². The van der Waals surface area contributed by atoms with Crippen LogP contribution in [0, 0.1) is 0 Å². The van der Waals surface area contributed by atoms with Crippen molar-refractivity contribution in [1.82, 2.24) is 19.1 Å². The number of fused-ring (bicyclic) bond motifs is 13. The van der Waals surface area contributed by atoms with Gasteiger partial charge in [0, 0.05) is 38.2 Å². The highest BCUT2D eigenvalue weighted by molar-refractivity contribution is 6.22. The summed E-state index contributed by atoms with van der Waals surface area (Å²) in [6, 6.07) is 70.7. The van der Waals surface area contributed by atoms with Crippen LogP contribution in [0.1, 0.15) is 0 Å². The lowest BCUT2D eigenvalue weighted by Crippen LogP contribution is -2.03. The molecule has 0 N–H and O–H groups in total. The molecule has 60 heavy (non-hydrogen) atoms. The maximum atomic E-state index is 5.57. The molecule has 3 heterocycles. The summed E-state index contributed by atoms with van der Waals surface area (Å²) in [5.41, 5.74) is 12.8. The summed E-state index contributed by atoms with van der Waals surface area (Å²) in [5, 5.41) is 13.3. The Morgan fingerprint density at radius 3 is 1.82 bits per heavy atom. The van der Waals surface area contributed by atoms with E-state index >= 15 is 0 Å². The largest absolute Gasteiger partial charge is 0.309 e. The molecule has 3 aromatic heterocycles. The lowest BCUT2D eigenvalue weighted by molar-refractivity contribution is 1.08. The molecule has 1 aliphatic rings. The maximum absolute atomic E-state index is 5.57. The fraction of sp³-hybridized carbons (Fsp3) is 0. The van der Waals surface area contributed by atoms with Crippen LogP contribution in [0.15, 0.2) is 194 Å². The smallest absolute Gasteiger partial charge is 0.162 e. The molecule has 0 unspecified atom stereocenters. The Morgan fingerprint density at radius 1 is 0.300 bits per heavy atom. The van der Waals surface area contributed by atoms with Crippen molar-refractivity contribution in [3.8, 4) is 45.1 Å². The molecule has 0 atom stereocenters. The molecule has 0 spiro atoms. The molecule has 0 saturated heterocycles. The third-order valence-electron chi connectivity index (χ3n) is 13.0.